The molecule has 0 heterocycles. The molecular weight excluding hydrogens is 1420 g/mol. The molecule has 0 aromatic heterocycles. The van der Waals surface area contributed by atoms with Crippen molar-refractivity contribution in [3.05, 3.63) is 435 Å². The first-order valence-corrected chi connectivity index (χ1v) is 41.5. The monoisotopic (exact) mass is 1500 g/mol. The van der Waals surface area contributed by atoms with Gasteiger partial charge in [-0.3, -0.25) is 0 Å². The lowest BCUT2D eigenvalue weighted by atomic mass is 9.81. The van der Waals surface area contributed by atoms with Gasteiger partial charge in [0.1, 0.15) is 0 Å². The molecule has 0 radical (unpaired) electrons. The molecule has 0 spiro atoms. The van der Waals surface area contributed by atoms with Crippen LogP contribution in [-0.2, 0) is 10.8 Å². The van der Waals surface area contributed by atoms with E-state index < -0.39 is 0 Å². The normalized spacial score (nSPS) is 13.1. The molecule has 22 aromatic rings. The van der Waals surface area contributed by atoms with Gasteiger partial charge >= 0.3 is 0 Å². The highest BCUT2D eigenvalue weighted by Gasteiger charge is 2.37. The summed E-state index contributed by atoms with van der Waals surface area (Å²) in [4.78, 5) is 0. The van der Waals surface area contributed by atoms with Gasteiger partial charge in [0, 0.05) is 10.8 Å². The molecule has 0 atom stereocenters. The number of benzene rings is 22. The molecule has 0 N–H and O–H groups in total. The third-order valence-corrected chi connectivity index (χ3v) is 26.4. The molecular formula is C118H80. The molecule has 0 heteroatoms. The Hall–Kier alpha value is -14.6. The van der Waals surface area contributed by atoms with Crippen LogP contribution in [0.15, 0.2) is 413 Å². The van der Waals surface area contributed by atoms with Gasteiger partial charge in [-0.2, -0.15) is 0 Å². The number of rotatable bonds is 8. The Morgan fingerprint density at radius 2 is 0.364 bits per heavy atom. The predicted octanol–water partition coefficient (Wildman–Crippen LogP) is 32.9. The highest BCUT2D eigenvalue weighted by Crippen LogP contribution is 2.53. The van der Waals surface area contributed by atoms with Crippen LogP contribution < -0.4 is 0 Å². The summed E-state index contributed by atoms with van der Waals surface area (Å²) in [7, 11) is 0. The number of fused-ring (bicyclic) bond motifs is 21. The lowest BCUT2D eigenvalue weighted by Gasteiger charge is -2.22. The maximum Gasteiger partial charge on any atom is 0.0159 e. The average molecular weight is 1500 g/mol. The zero-order chi connectivity index (χ0) is 78.5. The zero-order valence-electron chi connectivity index (χ0n) is 66.3. The van der Waals surface area contributed by atoms with Crippen LogP contribution >= 0.6 is 0 Å². The van der Waals surface area contributed by atoms with E-state index in [9.17, 15) is 0 Å². The molecule has 22 aromatic carbocycles. The summed E-state index contributed by atoms with van der Waals surface area (Å²) in [5.74, 6) is 0. The number of hydrogen-bond donors (Lipinski definition) is 0. The predicted molar refractivity (Wildman–Crippen MR) is 507 cm³/mol. The van der Waals surface area contributed by atoms with Gasteiger partial charge in [-0.05, 0) is 338 Å². The molecule has 0 amide bonds. The summed E-state index contributed by atoms with van der Waals surface area (Å²) in [6, 6.07) is 154. The van der Waals surface area contributed by atoms with Crippen LogP contribution in [0, 0.1) is 0 Å². The van der Waals surface area contributed by atoms with Crippen molar-refractivity contribution in [2.45, 2.75) is 38.5 Å². The summed E-state index contributed by atoms with van der Waals surface area (Å²) in [6.07, 6.45) is 0. The largest absolute Gasteiger partial charge is 0.0619 e. The van der Waals surface area contributed by atoms with Gasteiger partial charge in [-0.15, -0.1) is 0 Å². The maximum atomic E-state index is 2.43. The van der Waals surface area contributed by atoms with E-state index in [-0.39, 0.29) is 10.8 Å². The van der Waals surface area contributed by atoms with Gasteiger partial charge in [0.25, 0.3) is 0 Å². The van der Waals surface area contributed by atoms with E-state index in [1.54, 1.807) is 0 Å². The summed E-state index contributed by atoms with van der Waals surface area (Å²) < 4.78 is 0. The molecule has 2 aliphatic carbocycles. The Morgan fingerprint density at radius 3 is 0.797 bits per heavy atom. The minimum Gasteiger partial charge on any atom is -0.0619 e. The van der Waals surface area contributed by atoms with Crippen molar-refractivity contribution in [2.24, 2.45) is 0 Å². The third kappa shape index (κ3) is 11.4. The molecule has 2 aliphatic rings. The van der Waals surface area contributed by atoms with E-state index in [0.717, 1.165) is 0 Å². The summed E-state index contributed by atoms with van der Waals surface area (Å²) in [5.41, 5.74) is 30.6. The summed E-state index contributed by atoms with van der Waals surface area (Å²) in [5, 5.41) is 25.4. The standard InChI is InChI=1S/2C59H40/c1-59(2)57-18-10-9-17-53(57)54-28-26-45(35-58(54)59)42-22-21-41-31-44(24-23-40(41)30-42)47-32-46(43-20-19-37-11-3-4-13-39(37)29-43)33-48(34-47)55-36-56-49-14-6-5-12-38(49)25-27-52(56)50-15-7-8-16-51(50)55;1-59(2)57-18-10-9-17-54(57)55-28-26-45(36-58(55)59)41-22-21-40-31-43(24-23-39(40)30-41)47-32-46(42-20-19-37-11-3-4-12-38(37)29-42)33-48(34-47)44-25-27-53-51-15-6-5-13-49(51)50-14-7-8-16-52(50)56(53)35-44/h2*3-36H,1-2H3. The highest BCUT2D eigenvalue weighted by molar-refractivity contribution is 6.26. The van der Waals surface area contributed by atoms with Crippen LogP contribution in [0.5, 0.6) is 0 Å². The van der Waals surface area contributed by atoms with Gasteiger partial charge in [0.2, 0.25) is 0 Å². The molecule has 0 unspecified atom stereocenters. The lowest BCUT2D eigenvalue weighted by Crippen LogP contribution is -2.14. The first-order chi connectivity index (χ1) is 57.9. The van der Waals surface area contributed by atoms with Gasteiger partial charge in [-0.1, -0.05) is 343 Å². The average Bonchev–Trinajstić information content (AvgIpc) is 1.61. The van der Waals surface area contributed by atoms with Crippen LogP contribution in [0.3, 0.4) is 0 Å². The van der Waals surface area contributed by atoms with Crippen LogP contribution in [0.1, 0.15) is 49.9 Å². The molecule has 118 heavy (non-hydrogen) atoms. The molecule has 0 aliphatic heterocycles. The van der Waals surface area contributed by atoms with Crippen molar-refractivity contribution < 1.29 is 0 Å². The Labute approximate surface area is 687 Å². The fourth-order valence-corrected chi connectivity index (χ4v) is 20.1. The fourth-order valence-electron chi connectivity index (χ4n) is 20.1. The van der Waals surface area contributed by atoms with Gasteiger partial charge in [-0.25, -0.2) is 0 Å². The van der Waals surface area contributed by atoms with Gasteiger partial charge in [0.15, 0.2) is 0 Å². The second-order valence-electron chi connectivity index (χ2n) is 33.8. The first-order valence-electron chi connectivity index (χ1n) is 41.5. The lowest BCUT2D eigenvalue weighted by molar-refractivity contribution is 0.660. The highest BCUT2D eigenvalue weighted by atomic mass is 14.4. The van der Waals surface area contributed by atoms with Crippen molar-refractivity contribution in [1.29, 1.82) is 0 Å². The van der Waals surface area contributed by atoms with Gasteiger partial charge in [0.05, 0.1) is 0 Å². The number of hydrogen-bond acceptors (Lipinski definition) is 0. The van der Waals surface area contributed by atoms with Gasteiger partial charge < -0.3 is 0 Å². The Morgan fingerprint density at radius 1 is 0.119 bits per heavy atom. The molecule has 24 rings (SSSR count). The second kappa shape index (κ2) is 27.0. The van der Waals surface area contributed by atoms with Crippen LogP contribution in [0.4, 0.5) is 0 Å². The molecule has 0 saturated heterocycles. The maximum absolute atomic E-state index is 2.43. The molecule has 0 saturated carbocycles. The van der Waals surface area contributed by atoms with Crippen molar-refractivity contribution in [1.82, 2.24) is 0 Å². The SMILES string of the molecule is CC1(C)c2ccccc2-c2ccc(-c3ccc4cc(-c5cc(-c6ccc7ccccc7c6)cc(-c6cc7c8ccccc8ccc7c7ccccc67)c5)ccc4c3)cc21.CC1(C)c2ccccc2-c2ccc(-c3ccc4cc(-c5cc(-c6ccc7ccccc7c6)cc(-c6ccc7c8ccccc8c8ccccc8c7c6)c5)ccc4c3)cc21. The van der Waals surface area contributed by atoms with E-state index in [1.807, 2.05) is 0 Å². The third-order valence-electron chi connectivity index (χ3n) is 26.4. The van der Waals surface area contributed by atoms with E-state index in [0.29, 0.717) is 0 Å². The van der Waals surface area contributed by atoms with E-state index in [1.165, 1.54) is 241 Å². The minimum atomic E-state index is -0.0269. The molecule has 0 fully saturated rings. The van der Waals surface area contributed by atoms with Crippen LogP contribution in [0.2, 0.25) is 0 Å². The molecule has 552 valence electrons. The molecule has 0 bridgehead atoms. The first kappa shape index (κ1) is 69.0. The fraction of sp³-hybridized carbons (Fsp3) is 0.0508. The van der Waals surface area contributed by atoms with Crippen LogP contribution in [-0.4, -0.2) is 0 Å². The van der Waals surface area contributed by atoms with E-state index in [4.69, 9.17) is 0 Å². The van der Waals surface area contributed by atoms with E-state index >= 15 is 0 Å². The smallest absolute Gasteiger partial charge is 0.0159 e. The second-order valence-corrected chi connectivity index (χ2v) is 33.8. The van der Waals surface area contributed by atoms with Crippen molar-refractivity contribution in [3.8, 4) is 111 Å². The Bertz CT molecular complexity index is 7960. The van der Waals surface area contributed by atoms with Crippen LogP contribution in [0.25, 0.3) is 219 Å². The topological polar surface area (TPSA) is 0 Å². The Balaban J connectivity index is 0.000000138. The minimum absolute atomic E-state index is 0.0249. The van der Waals surface area contributed by atoms with Crippen molar-refractivity contribution >= 4 is 108 Å². The zero-order valence-corrected chi connectivity index (χ0v) is 66.3. The van der Waals surface area contributed by atoms with E-state index in [2.05, 4.69) is 440 Å². The Kier molecular flexibility index (Phi) is 15.8. The summed E-state index contributed by atoms with van der Waals surface area (Å²) >= 11 is 0. The van der Waals surface area contributed by atoms with Crippen molar-refractivity contribution in [3.63, 3.8) is 0 Å². The quantitative estimate of drug-likeness (QED) is 0.133. The summed E-state index contributed by atoms with van der Waals surface area (Å²) in [6.45, 7) is 9.42. The molecule has 0 nitrogen and oxygen atoms in total. The van der Waals surface area contributed by atoms with Crippen molar-refractivity contribution in [2.75, 3.05) is 0 Å².